The van der Waals surface area contributed by atoms with Gasteiger partial charge in [-0.1, -0.05) is 6.07 Å². The van der Waals surface area contributed by atoms with E-state index in [0.29, 0.717) is 28.7 Å². The number of methoxy groups -OCH3 is 3. The van der Waals surface area contributed by atoms with Crippen molar-refractivity contribution in [2.24, 2.45) is 0 Å². The molecule has 1 N–H and O–H groups in total. The maximum absolute atomic E-state index is 12.3. The van der Waals surface area contributed by atoms with E-state index in [2.05, 4.69) is 4.98 Å². The summed E-state index contributed by atoms with van der Waals surface area (Å²) >= 11 is 0. The zero-order chi connectivity index (χ0) is 24.1. The quantitative estimate of drug-likeness (QED) is 0.417. The molecule has 1 aromatic heterocycles. The molecule has 3 aromatic rings. The zero-order valence-corrected chi connectivity index (χ0v) is 20.1. The monoisotopic (exact) mass is 453 g/mol. The van der Waals surface area contributed by atoms with Crippen molar-refractivity contribution in [2.75, 3.05) is 21.3 Å². The highest BCUT2D eigenvalue weighted by Crippen LogP contribution is 2.40. The Balaban J connectivity index is 2.16. The highest BCUT2D eigenvalue weighted by Gasteiger charge is 2.20. The van der Waals surface area contributed by atoms with Crippen molar-refractivity contribution >= 4 is 5.97 Å². The van der Waals surface area contributed by atoms with Crippen LogP contribution in [0.1, 0.15) is 38.2 Å². The lowest BCUT2D eigenvalue weighted by molar-refractivity contribution is 0.0595. The van der Waals surface area contributed by atoms with Crippen LogP contribution in [0.15, 0.2) is 42.5 Å². The summed E-state index contributed by atoms with van der Waals surface area (Å²) in [5, 5.41) is 0. The molecule has 0 aliphatic heterocycles. The molecule has 7 heteroatoms. The van der Waals surface area contributed by atoms with Crippen LogP contribution in [0, 0.1) is 0 Å². The van der Waals surface area contributed by atoms with Gasteiger partial charge in [0.15, 0.2) is 23.0 Å². The normalized spacial score (nSPS) is 10.9. The van der Waals surface area contributed by atoms with Gasteiger partial charge >= 0.3 is 5.97 Å². The standard InChI is InChI=1S/C26H31NO6/c1-15(2)32-22-11-9-18(13-23(22)30-6)25-19(14-20(27-25)26(28)31-7)17-8-10-21(29-5)24(12-17)33-16(3)4/h8-16,27H,1-7H3. The SMILES string of the molecule is COC(=O)c1cc(-c2ccc(OC)c(OC(C)C)c2)c(-c2ccc(OC(C)C)c(OC)c2)[nH]1. The molecule has 0 atom stereocenters. The van der Waals surface area contributed by atoms with E-state index in [-0.39, 0.29) is 12.2 Å². The number of ether oxygens (including phenoxy) is 5. The molecular formula is C26H31NO6. The first-order valence-corrected chi connectivity index (χ1v) is 10.8. The maximum Gasteiger partial charge on any atom is 0.354 e. The minimum Gasteiger partial charge on any atom is -0.493 e. The molecule has 3 rings (SSSR count). The molecule has 176 valence electrons. The van der Waals surface area contributed by atoms with Crippen LogP contribution in [0.5, 0.6) is 23.0 Å². The second-order valence-electron chi connectivity index (χ2n) is 8.03. The van der Waals surface area contributed by atoms with Gasteiger partial charge in [0.05, 0.1) is 39.2 Å². The number of carbonyl (C=O) groups is 1. The summed E-state index contributed by atoms with van der Waals surface area (Å²) in [7, 11) is 4.55. The summed E-state index contributed by atoms with van der Waals surface area (Å²) in [6, 6.07) is 13.1. The van der Waals surface area contributed by atoms with Gasteiger partial charge in [0.1, 0.15) is 5.69 Å². The van der Waals surface area contributed by atoms with Crippen LogP contribution in [0.4, 0.5) is 0 Å². The first kappa shape index (κ1) is 24.0. The van der Waals surface area contributed by atoms with E-state index in [1.54, 1.807) is 20.3 Å². The fraction of sp³-hybridized carbons (Fsp3) is 0.346. The van der Waals surface area contributed by atoms with Crippen molar-refractivity contribution in [3.8, 4) is 45.4 Å². The molecular weight excluding hydrogens is 422 g/mol. The lowest BCUT2D eigenvalue weighted by Gasteiger charge is -2.16. The van der Waals surface area contributed by atoms with Crippen molar-refractivity contribution in [2.45, 2.75) is 39.9 Å². The van der Waals surface area contributed by atoms with Crippen LogP contribution in [0.25, 0.3) is 22.4 Å². The number of benzene rings is 2. The largest absolute Gasteiger partial charge is 0.493 e. The molecule has 2 aromatic carbocycles. The molecule has 7 nitrogen and oxygen atoms in total. The highest BCUT2D eigenvalue weighted by molar-refractivity contribution is 5.94. The lowest BCUT2D eigenvalue weighted by atomic mass is 10.0. The predicted octanol–water partition coefficient (Wildman–Crippen LogP) is 5.73. The third-order valence-corrected chi connectivity index (χ3v) is 4.88. The van der Waals surface area contributed by atoms with E-state index in [1.165, 1.54) is 7.11 Å². The van der Waals surface area contributed by atoms with Crippen molar-refractivity contribution < 1.29 is 28.5 Å². The average molecular weight is 454 g/mol. The van der Waals surface area contributed by atoms with Gasteiger partial charge in [-0.25, -0.2) is 4.79 Å². The minimum absolute atomic E-state index is 0.00963. The molecule has 0 spiro atoms. The van der Waals surface area contributed by atoms with E-state index >= 15 is 0 Å². The van der Waals surface area contributed by atoms with Crippen LogP contribution in [-0.4, -0.2) is 44.5 Å². The average Bonchev–Trinajstić information content (AvgIpc) is 3.23. The van der Waals surface area contributed by atoms with Crippen LogP contribution < -0.4 is 18.9 Å². The van der Waals surface area contributed by atoms with Gasteiger partial charge in [0.25, 0.3) is 0 Å². The number of rotatable bonds is 9. The zero-order valence-electron chi connectivity index (χ0n) is 20.1. The fourth-order valence-corrected chi connectivity index (χ4v) is 3.49. The Morgan fingerprint density at radius 2 is 1.30 bits per heavy atom. The van der Waals surface area contributed by atoms with Crippen molar-refractivity contribution in [1.82, 2.24) is 4.98 Å². The van der Waals surface area contributed by atoms with E-state index in [0.717, 1.165) is 22.4 Å². The molecule has 0 fully saturated rings. The third-order valence-electron chi connectivity index (χ3n) is 4.88. The summed E-state index contributed by atoms with van der Waals surface area (Å²) in [6.45, 7) is 7.83. The molecule has 1 heterocycles. The number of esters is 1. The molecule has 0 unspecified atom stereocenters. The smallest absolute Gasteiger partial charge is 0.354 e. The minimum atomic E-state index is -0.457. The summed E-state index contributed by atoms with van der Waals surface area (Å²) in [4.78, 5) is 15.5. The summed E-state index contributed by atoms with van der Waals surface area (Å²) in [5.41, 5.74) is 3.58. The summed E-state index contributed by atoms with van der Waals surface area (Å²) in [6.07, 6.45) is -0.0151. The summed E-state index contributed by atoms with van der Waals surface area (Å²) in [5.74, 6) is 2.04. The van der Waals surface area contributed by atoms with Gasteiger partial charge in [0, 0.05) is 11.1 Å². The van der Waals surface area contributed by atoms with E-state index in [9.17, 15) is 4.79 Å². The Bertz CT molecular complexity index is 1120. The lowest BCUT2D eigenvalue weighted by Crippen LogP contribution is -2.07. The number of aromatic amines is 1. The topological polar surface area (TPSA) is 79.0 Å². The van der Waals surface area contributed by atoms with Gasteiger partial charge in [-0.3, -0.25) is 0 Å². The number of carbonyl (C=O) groups excluding carboxylic acids is 1. The Hall–Kier alpha value is -3.61. The highest BCUT2D eigenvalue weighted by atomic mass is 16.5. The van der Waals surface area contributed by atoms with Gasteiger partial charge in [-0.05, 0) is 69.7 Å². The van der Waals surface area contributed by atoms with Crippen LogP contribution in [-0.2, 0) is 4.74 Å². The van der Waals surface area contributed by atoms with E-state index in [1.807, 2.05) is 64.1 Å². The Morgan fingerprint density at radius 3 is 1.91 bits per heavy atom. The number of nitrogens with one attached hydrogen (secondary N) is 1. The Morgan fingerprint density at radius 1 is 0.727 bits per heavy atom. The second kappa shape index (κ2) is 10.3. The molecule has 0 aliphatic carbocycles. The van der Waals surface area contributed by atoms with E-state index in [4.69, 9.17) is 23.7 Å². The molecule has 33 heavy (non-hydrogen) atoms. The van der Waals surface area contributed by atoms with E-state index < -0.39 is 5.97 Å². The van der Waals surface area contributed by atoms with Crippen LogP contribution in [0.2, 0.25) is 0 Å². The van der Waals surface area contributed by atoms with Gasteiger partial charge in [-0.15, -0.1) is 0 Å². The first-order chi connectivity index (χ1) is 15.8. The molecule has 0 saturated heterocycles. The Labute approximate surface area is 194 Å². The molecule has 0 bridgehead atoms. The third kappa shape index (κ3) is 5.42. The van der Waals surface area contributed by atoms with Gasteiger partial charge < -0.3 is 28.7 Å². The number of hydrogen-bond donors (Lipinski definition) is 1. The van der Waals surface area contributed by atoms with Crippen molar-refractivity contribution in [1.29, 1.82) is 0 Å². The number of hydrogen-bond acceptors (Lipinski definition) is 6. The Kier molecular flexibility index (Phi) is 7.53. The van der Waals surface area contributed by atoms with Crippen molar-refractivity contribution in [3.05, 3.63) is 48.2 Å². The number of H-pyrrole nitrogens is 1. The predicted molar refractivity (Wildman–Crippen MR) is 128 cm³/mol. The van der Waals surface area contributed by atoms with Crippen molar-refractivity contribution in [3.63, 3.8) is 0 Å². The molecule has 0 amide bonds. The van der Waals surface area contributed by atoms with Crippen LogP contribution >= 0.6 is 0 Å². The molecule has 0 radical (unpaired) electrons. The van der Waals surface area contributed by atoms with Gasteiger partial charge in [-0.2, -0.15) is 0 Å². The van der Waals surface area contributed by atoms with Crippen LogP contribution in [0.3, 0.4) is 0 Å². The first-order valence-electron chi connectivity index (χ1n) is 10.8. The molecule has 0 aliphatic rings. The number of aromatic nitrogens is 1. The van der Waals surface area contributed by atoms with Gasteiger partial charge in [0.2, 0.25) is 0 Å². The molecule has 0 saturated carbocycles. The summed E-state index contributed by atoms with van der Waals surface area (Å²) < 4.78 is 27.7. The maximum atomic E-state index is 12.3. The fourth-order valence-electron chi connectivity index (χ4n) is 3.49. The second-order valence-corrected chi connectivity index (χ2v) is 8.03.